The molecule has 0 spiro atoms. The SMILES string of the molecule is C#Cc1cccc(CCCCCC(C)(C)C)c1.CCC/C(=C\[Si](C)(C)C)c1cccc(CCCCCC(C)(C)C)c1. The number of terminal acetylenes is 1. The fourth-order valence-electron chi connectivity index (χ4n) is 5.16. The van der Waals surface area contributed by atoms with Crippen LogP contribution in [-0.4, -0.2) is 8.07 Å². The van der Waals surface area contributed by atoms with Crippen LogP contribution in [0.5, 0.6) is 0 Å². The quantitative estimate of drug-likeness (QED) is 0.120. The highest BCUT2D eigenvalue weighted by molar-refractivity contribution is 6.81. The second kappa shape index (κ2) is 18.5. The van der Waals surface area contributed by atoms with Gasteiger partial charge in [0.15, 0.2) is 0 Å². The zero-order chi connectivity index (χ0) is 30.9. The Bertz CT molecular complexity index is 1060. The van der Waals surface area contributed by atoms with Gasteiger partial charge in [-0.05, 0) is 90.2 Å². The zero-order valence-corrected chi connectivity index (χ0v) is 29.8. The van der Waals surface area contributed by atoms with Crippen LogP contribution in [0.25, 0.3) is 5.57 Å². The smallest absolute Gasteiger partial charge is 0.0690 e. The molecule has 0 fully saturated rings. The molecule has 0 saturated carbocycles. The average molecular weight is 573 g/mol. The van der Waals surface area contributed by atoms with Crippen LogP contribution in [0.2, 0.25) is 19.6 Å². The van der Waals surface area contributed by atoms with Crippen molar-refractivity contribution >= 4 is 13.6 Å². The van der Waals surface area contributed by atoms with Gasteiger partial charge in [0.1, 0.15) is 0 Å². The van der Waals surface area contributed by atoms with Crippen molar-refractivity contribution in [2.45, 2.75) is 145 Å². The van der Waals surface area contributed by atoms with Crippen LogP contribution < -0.4 is 0 Å². The Kier molecular flexibility index (Phi) is 16.7. The highest BCUT2D eigenvalue weighted by atomic mass is 28.3. The molecule has 0 nitrogen and oxygen atoms in total. The van der Waals surface area contributed by atoms with Crippen molar-refractivity contribution in [2.75, 3.05) is 0 Å². The molecular formula is C40H64Si. The molecule has 2 aromatic rings. The largest absolute Gasteiger partial charge is 0.115 e. The minimum atomic E-state index is -1.17. The number of hydrogen-bond acceptors (Lipinski definition) is 0. The summed E-state index contributed by atoms with van der Waals surface area (Å²) >= 11 is 0. The number of benzene rings is 2. The van der Waals surface area contributed by atoms with E-state index in [1.54, 1.807) is 5.57 Å². The van der Waals surface area contributed by atoms with E-state index in [0.717, 1.165) is 12.0 Å². The van der Waals surface area contributed by atoms with E-state index in [1.807, 2.05) is 6.07 Å². The molecule has 0 aliphatic rings. The van der Waals surface area contributed by atoms with Crippen LogP contribution in [-0.2, 0) is 12.8 Å². The molecule has 0 atom stereocenters. The van der Waals surface area contributed by atoms with E-state index < -0.39 is 8.07 Å². The third-order valence-corrected chi connectivity index (χ3v) is 8.52. The monoisotopic (exact) mass is 572 g/mol. The minimum absolute atomic E-state index is 0.476. The van der Waals surface area contributed by atoms with Crippen molar-refractivity contribution in [3.05, 3.63) is 76.5 Å². The van der Waals surface area contributed by atoms with Gasteiger partial charge in [0.2, 0.25) is 0 Å². The molecule has 0 N–H and O–H groups in total. The molecular weight excluding hydrogens is 509 g/mol. The number of allylic oxidation sites excluding steroid dienone is 1. The maximum atomic E-state index is 5.39. The number of rotatable bonds is 14. The van der Waals surface area contributed by atoms with Crippen LogP contribution in [0.15, 0.2) is 54.2 Å². The number of unbranched alkanes of at least 4 members (excludes halogenated alkanes) is 4. The first-order valence-corrected chi connectivity index (χ1v) is 20.1. The highest BCUT2D eigenvalue weighted by Crippen LogP contribution is 2.26. The molecule has 0 heterocycles. The summed E-state index contributed by atoms with van der Waals surface area (Å²) in [4.78, 5) is 0. The average Bonchev–Trinajstić information content (AvgIpc) is 2.87. The minimum Gasteiger partial charge on any atom is -0.115 e. The summed E-state index contributed by atoms with van der Waals surface area (Å²) in [7, 11) is -1.17. The summed E-state index contributed by atoms with van der Waals surface area (Å²) < 4.78 is 0. The van der Waals surface area contributed by atoms with E-state index in [-0.39, 0.29) is 0 Å². The lowest BCUT2D eigenvalue weighted by atomic mass is 9.89. The van der Waals surface area contributed by atoms with Gasteiger partial charge in [0.25, 0.3) is 0 Å². The fraction of sp³-hybridized carbons (Fsp3) is 0.600. The Morgan fingerprint density at radius 3 is 1.71 bits per heavy atom. The zero-order valence-electron chi connectivity index (χ0n) is 28.8. The predicted molar refractivity (Wildman–Crippen MR) is 190 cm³/mol. The Morgan fingerprint density at radius 1 is 0.732 bits per heavy atom. The van der Waals surface area contributed by atoms with Gasteiger partial charge < -0.3 is 0 Å². The maximum absolute atomic E-state index is 5.39. The fourth-order valence-corrected chi connectivity index (χ4v) is 6.51. The van der Waals surface area contributed by atoms with Crippen molar-refractivity contribution in [1.82, 2.24) is 0 Å². The molecule has 0 radical (unpaired) electrons. The van der Waals surface area contributed by atoms with Crippen LogP contribution in [0.3, 0.4) is 0 Å². The predicted octanol–water partition coefficient (Wildman–Crippen LogP) is 12.7. The van der Waals surface area contributed by atoms with Crippen molar-refractivity contribution in [2.24, 2.45) is 10.8 Å². The summed E-state index contributed by atoms with van der Waals surface area (Å²) in [5, 5.41) is 0. The topological polar surface area (TPSA) is 0 Å². The van der Waals surface area contributed by atoms with Crippen molar-refractivity contribution in [3.63, 3.8) is 0 Å². The summed E-state index contributed by atoms with van der Waals surface area (Å²) in [6.45, 7) is 23.5. The van der Waals surface area contributed by atoms with Gasteiger partial charge >= 0.3 is 0 Å². The first-order valence-electron chi connectivity index (χ1n) is 16.5. The third-order valence-electron chi connectivity index (χ3n) is 7.30. The first-order chi connectivity index (χ1) is 19.1. The van der Waals surface area contributed by atoms with Gasteiger partial charge in [-0.3, -0.25) is 0 Å². The van der Waals surface area contributed by atoms with Gasteiger partial charge in [-0.25, -0.2) is 0 Å². The Morgan fingerprint density at radius 2 is 1.24 bits per heavy atom. The van der Waals surface area contributed by atoms with Gasteiger partial charge in [-0.2, -0.15) is 0 Å². The molecule has 0 bridgehead atoms. The number of hydrogen-bond donors (Lipinski definition) is 0. The van der Waals surface area contributed by atoms with Crippen LogP contribution in [0.4, 0.5) is 0 Å². The standard InChI is InChI=1S/C23H40Si.C17H24/c1-8-13-22(19-24(5,6)7)21-16-12-15-20(18-21)14-10-9-11-17-23(2,3)4;1-5-15-11-9-12-16(14-15)10-7-6-8-13-17(2,3)4/h12,15-16,18-19H,8-11,13-14,17H2,1-7H3;1,9,11-12,14H,6-8,10,13H2,2-4H3/b22-19+;. The molecule has 0 aliphatic carbocycles. The maximum Gasteiger partial charge on any atom is 0.0690 e. The first kappa shape index (κ1) is 37.0. The highest BCUT2D eigenvalue weighted by Gasteiger charge is 2.13. The van der Waals surface area contributed by atoms with Gasteiger partial charge in [0.05, 0.1) is 8.07 Å². The molecule has 0 aromatic heterocycles. The molecule has 0 aliphatic heterocycles. The summed E-state index contributed by atoms with van der Waals surface area (Å²) in [6.07, 6.45) is 20.8. The van der Waals surface area contributed by atoms with Gasteiger partial charge in [-0.15, -0.1) is 6.42 Å². The van der Waals surface area contributed by atoms with Crippen molar-refractivity contribution < 1.29 is 0 Å². The molecule has 0 saturated heterocycles. The molecule has 0 amide bonds. The van der Waals surface area contributed by atoms with E-state index in [1.165, 1.54) is 87.3 Å². The lowest BCUT2D eigenvalue weighted by Crippen LogP contribution is -2.16. The van der Waals surface area contributed by atoms with E-state index in [4.69, 9.17) is 6.42 Å². The normalized spacial score (nSPS) is 12.5. The summed E-state index contributed by atoms with van der Waals surface area (Å²) in [5.74, 6) is 2.69. The van der Waals surface area contributed by atoms with E-state index in [0.29, 0.717) is 10.8 Å². The molecule has 0 unspecified atom stereocenters. The number of aryl methyl sites for hydroxylation is 2. The van der Waals surface area contributed by atoms with Crippen molar-refractivity contribution in [1.29, 1.82) is 0 Å². The van der Waals surface area contributed by atoms with Crippen molar-refractivity contribution in [3.8, 4) is 12.3 Å². The second-order valence-electron chi connectivity index (χ2n) is 15.6. The van der Waals surface area contributed by atoms with E-state index in [9.17, 15) is 0 Å². The Balaban J connectivity index is 0.000000435. The van der Waals surface area contributed by atoms with E-state index in [2.05, 4.69) is 122 Å². The molecule has 2 rings (SSSR count). The van der Waals surface area contributed by atoms with Crippen LogP contribution in [0.1, 0.15) is 135 Å². The lowest BCUT2D eigenvalue weighted by molar-refractivity contribution is 0.358. The van der Waals surface area contributed by atoms with Gasteiger partial charge in [0, 0.05) is 5.56 Å². The van der Waals surface area contributed by atoms with E-state index >= 15 is 0 Å². The molecule has 1 heteroatoms. The molecule has 2 aromatic carbocycles. The third kappa shape index (κ3) is 19.7. The summed E-state index contributed by atoms with van der Waals surface area (Å²) in [6, 6.07) is 17.7. The summed E-state index contributed by atoms with van der Waals surface area (Å²) in [5.41, 5.74) is 10.5. The lowest BCUT2D eigenvalue weighted by Gasteiger charge is -2.17. The molecule has 41 heavy (non-hydrogen) atoms. The second-order valence-corrected chi connectivity index (χ2v) is 20.6. The van der Waals surface area contributed by atoms with Gasteiger partial charge in [-0.1, -0.05) is 148 Å². The Hall–Kier alpha value is -2.04. The Labute approximate surface area is 257 Å². The molecule has 228 valence electrons. The van der Waals surface area contributed by atoms with Crippen LogP contribution in [0, 0.1) is 23.2 Å². The van der Waals surface area contributed by atoms with Crippen LogP contribution >= 0.6 is 0 Å².